The zero-order chi connectivity index (χ0) is 44.4. The molecule has 4 atom stereocenters. The number of halogens is 1. The summed E-state index contributed by atoms with van der Waals surface area (Å²) in [7, 11) is 3.33. The van der Waals surface area contributed by atoms with Gasteiger partial charge in [-0.3, -0.25) is 24.5 Å². The first kappa shape index (κ1) is 44.3. The smallest absolute Gasteiger partial charge is 0.251 e. The fourth-order valence-corrected chi connectivity index (χ4v) is 10.8. The van der Waals surface area contributed by atoms with Crippen LogP contribution in [0, 0.1) is 17.7 Å². The van der Waals surface area contributed by atoms with Crippen LogP contribution in [0.5, 0.6) is 5.75 Å². The van der Waals surface area contributed by atoms with Crippen LogP contribution in [0.25, 0.3) is 0 Å². The number of carbonyl (C=O) groups excluding carboxylic acids is 4. The maximum absolute atomic E-state index is 15.4. The fraction of sp³-hybridized carbons (Fsp3) is 0.574. The number of anilines is 5. The average Bonchev–Trinajstić information content (AvgIpc) is 3.81. The van der Waals surface area contributed by atoms with E-state index in [-0.39, 0.29) is 60.5 Å². The minimum atomic E-state index is -0.597. The molecule has 5 heterocycles. The van der Waals surface area contributed by atoms with Crippen molar-refractivity contribution in [3.05, 3.63) is 59.5 Å². The van der Waals surface area contributed by atoms with Crippen LogP contribution < -0.4 is 35.4 Å². The normalized spacial score (nSPS) is 25.0. The van der Waals surface area contributed by atoms with E-state index in [1.54, 1.807) is 49.5 Å². The third kappa shape index (κ3) is 9.06. The summed E-state index contributed by atoms with van der Waals surface area (Å²) in [6.07, 6.45) is 10.3. The van der Waals surface area contributed by atoms with Gasteiger partial charge in [0.25, 0.3) is 5.91 Å². The van der Waals surface area contributed by atoms with Gasteiger partial charge in [0, 0.05) is 69.9 Å². The van der Waals surface area contributed by atoms with Crippen LogP contribution in [0.2, 0.25) is 0 Å². The highest BCUT2D eigenvalue weighted by molar-refractivity contribution is 6.04. The Morgan fingerprint density at radius 1 is 1.03 bits per heavy atom. The molecule has 4 N–H and O–H groups in total. The Morgan fingerprint density at radius 2 is 1.81 bits per heavy atom. The highest BCUT2D eigenvalue weighted by Crippen LogP contribution is 2.41. The van der Waals surface area contributed by atoms with Crippen molar-refractivity contribution >= 4 is 52.5 Å². The summed E-state index contributed by atoms with van der Waals surface area (Å²) in [5, 5.41) is 19.2. The van der Waals surface area contributed by atoms with Crippen molar-refractivity contribution in [3.8, 4) is 5.75 Å². The summed E-state index contributed by atoms with van der Waals surface area (Å²) in [5.41, 5.74) is 2.25. The molecule has 4 aliphatic heterocycles. The number of ether oxygens (including phenoxy) is 1. The minimum Gasteiger partial charge on any atom is -0.495 e. The molecule has 8 rings (SSSR count). The number of amides is 4. The van der Waals surface area contributed by atoms with Gasteiger partial charge in [-0.2, -0.15) is 4.98 Å². The summed E-state index contributed by atoms with van der Waals surface area (Å²) < 4.78 is 21.2. The number of rotatable bonds is 13. The van der Waals surface area contributed by atoms with Gasteiger partial charge in [0.15, 0.2) is 5.82 Å². The number of methoxy groups -OCH3 is 1. The van der Waals surface area contributed by atoms with Crippen molar-refractivity contribution in [2.45, 2.75) is 108 Å². The van der Waals surface area contributed by atoms with E-state index >= 15 is 4.39 Å². The summed E-state index contributed by atoms with van der Waals surface area (Å²) in [5.74, 6) is 0.353. The van der Waals surface area contributed by atoms with Crippen molar-refractivity contribution in [2.24, 2.45) is 11.8 Å². The van der Waals surface area contributed by atoms with Crippen molar-refractivity contribution in [3.63, 3.8) is 0 Å². The van der Waals surface area contributed by atoms with Crippen LogP contribution >= 0.6 is 0 Å². The Bertz CT molecular complexity index is 2200. The van der Waals surface area contributed by atoms with E-state index in [9.17, 15) is 24.3 Å². The molecule has 16 heteroatoms. The van der Waals surface area contributed by atoms with E-state index in [0.717, 1.165) is 77.1 Å². The lowest BCUT2D eigenvalue weighted by Crippen LogP contribution is -2.61. The van der Waals surface area contributed by atoms with Crippen LogP contribution in [0.15, 0.2) is 42.6 Å². The van der Waals surface area contributed by atoms with Crippen molar-refractivity contribution in [2.75, 3.05) is 73.5 Å². The summed E-state index contributed by atoms with van der Waals surface area (Å²) >= 11 is 0. The first-order valence-electron chi connectivity index (χ1n) is 22.8. The lowest BCUT2D eigenvalue weighted by molar-refractivity contribution is -0.134. The lowest BCUT2D eigenvalue weighted by Gasteiger charge is -2.48. The number of carbonyl (C=O) groups is 4. The second kappa shape index (κ2) is 18.8. The standard InChI is InChI=1S/C47H62FN9O6/c1-5-37-45(62)54(3)39-26-49-46(52-42(39)57(37)33-8-6-7-9-33)50-36-13-10-32(25-40(36)63-4)43(60)53-47(19-23-58)18-22-55(27-29(47)2)28-30-16-20-56(21-17-30)38-14-11-31(24-35(38)48)34-12-15-41(59)51-44(34)61/h10-11,13-14,24-26,29-30,33-34,37,58H,5-9,12,15-23,27-28H2,1-4H3,(H,53,60)(H,49,50,52)(H,51,59,61)/t29?,34?,37-,47?/m1/s1. The molecule has 5 aliphatic rings. The van der Waals surface area contributed by atoms with E-state index < -0.39 is 11.5 Å². The molecule has 0 radical (unpaired) electrons. The number of nitrogens with one attached hydrogen (secondary N) is 3. The van der Waals surface area contributed by atoms with Gasteiger partial charge in [-0.05, 0) is 99.1 Å². The number of fused-ring (bicyclic) bond motifs is 1. The number of aliphatic hydroxyl groups is 1. The maximum Gasteiger partial charge on any atom is 0.251 e. The number of nitrogens with zero attached hydrogens (tertiary/aromatic N) is 6. The molecule has 3 unspecified atom stereocenters. The maximum atomic E-state index is 15.4. The number of benzene rings is 2. The van der Waals surface area contributed by atoms with Crippen LogP contribution in [0.3, 0.4) is 0 Å². The predicted octanol–water partition coefficient (Wildman–Crippen LogP) is 5.50. The van der Waals surface area contributed by atoms with Gasteiger partial charge >= 0.3 is 0 Å². The SMILES string of the molecule is CC[C@@H]1C(=O)N(C)c2cnc(Nc3ccc(C(=O)NC4(CCO)CCN(CC5CCN(c6ccc(C7CCC(=O)NC7=O)cc6F)CC5)CC4C)cc3OC)nc2N1C1CCCC1. The predicted molar refractivity (Wildman–Crippen MR) is 239 cm³/mol. The Kier molecular flexibility index (Phi) is 13.2. The summed E-state index contributed by atoms with van der Waals surface area (Å²) in [6.45, 7) is 8.03. The average molecular weight is 868 g/mol. The molecule has 2 aromatic carbocycles. The number of hydrogen-bond donors (Lipinski definition) is 4. The highest BCUT2D eigenvalue weighted by atomic mass is 19.1. The van der Waals surface area contributed by atoms with Gasteiger partial charge in [0.05, 0.1) is 30.6 Å². The van der Waals surface area contributed by atoms with E-state index in [1.165, 1.54) is 6.07 Å². The molecule has 4 amide bonds. The Balaban J connectivity index is 0.876. The molecule has 3 saturated heterocycles. The van der Waals surface area contributed by atoms with E-state index in [4.69, 9.17) is 9.72 Å². The molecule has 1 saturated carbocycles. The van der Waals surface area contributed by atoms with E-state index in [2.05, 4.69) is 42.6 Å². The zero-order valence-electron chi connectivity index (χ0n) is 37.0. The molecular formula is C47H62FN9O6. The van der Waals surface area contributed by atoms with E-state index in [1.807, 2.05) is 13.0 Å². The number of aliphatic hydroxyl groups excluding tert-OH is 1. The van der Waals surface area contributed by atoms with Gasteiger partial charge in [-0.1, -0.05) is 32.8 Å². The lowest BCUT2D eigenvalue weighted by atomic mass is 9.76. The molecule has 0 spiro atoms. The number of aromatic nitrogens is 2. The number of likely N-dealkylation sites (tertiary alicyclic amines) is 1. The Hall–Kier alpha value is -5.35. The number of hydrogen-bond acceptors (Lipinski definition) is 12. The minimum absolute atomic E-state index is 0.0533. The van der Waals surface area contributed by atoms with Crippen molar-refractivity contribution < 1.29 is 33.4 Å². The number of likely N-dealkylation sites (N-methyl/N-ethyl adjacent to an activating group) is 1. The number of piperidine rings is 3. The molecule has 1 aliphatic carbocycles. The van der Waals surface area contributed by atoms with Gasteiger partial charge in [0.2, 0.25) is 23.7 Å². The fourth-order valence-electron chi connectivity index (χ4n) is 10.8. The van der Waals surface area contributed by atoms with E-state index in [0.29, 0.717) is 71.5 Å². The van der Waals surface area contributed by atoms with Crippen LogP contribution in [-0.4, -0.2) is 115 Å². The highest BCUT2D eigenvalue weighted by Gasteiger charge is 2.43. The van der Waals surface area contributed by atoms with Gasteiger partial charge in [-0.25, -0.2) is 9.37 Å². The zero-order valence-corrected chi connectivity index (χ0v) is 37.0. The van der Waals surface area contributed by atoms with Gasteiger partial charge < -0.3 is 40.1 Å². The molecule has 4 fully saturated rings. The first-order valence-corrected chi connectivity index (χ1v) is 22.8. The van der Waals surface area contributed by atoms with Crippen molar-refractivity contribution in [1.82, 2.24) is 25.5 Å². The monoisotopic (exact) mass is 867 g/mol. The van der Waals surface area contributed by atoms with Crippen LogP contribution in [0.4, 0.5) is 33.2 Å². The van der Waals surface area contributed by atoms with Gasteiger partial charge in [0.1, 0.15) is 23.3 Å². The molecule has 15 nitrogen and oxygen atoms in total. The van der Waals surface area contributed by atoms with Gasteiger partial charge in [-0.15, -0.1) is 0 Å². The third-order valence-electron chi connectivity index (χ3n) is 14.5. The third-order valence-corrected chi connectivity index (χ3v) is 14.5. The molecule has 3 aromatic rings. The second-order valence-electron chi connectivity index (χ2n) is 18.2. The van der Waals surface area contributed by atoms with Crippen LogP contribution in [0.1, 0.15) is 106 Å². The number of imide groups is 1. The molecule has 0 bridgehead atoms. The molecular weight excluding hydrogens is 806 g/mol. The molecule has 338 valence electrons. The Morgan fingerprint density at radius 3 is 2.49 bits per heavy atom. The largest absolute Gasteiger partial charge is 0.495 e. The second-order valence-corrected chi connectivity index (χ2v) is 18.2. The quantitative estimate of drug-likeness (QED) is 0.159. The van der Waals surface area contributed by atoms with Crippen LogP contribution in [-0.2, 0) is 14.4 Å². The topological polar surface area (TPSA) is 173 Å². The summed E-state index contributed by atoms with van der Waals surface area (Å²) in [6, 6.07) is 10.2. The Labute approximate surface area is 369 Å². The molecule has 1 aromatic heterocycles. The first-order chi connectivity index (χ1) is 30.4. The molecule has 63 heavy (non-hydrogen) atoms. The van der Waals surface area contributed by atoms with Crippen molar-refractivity contribution in [1.29, 1.82) is 0 Å². The summed E-state index contributed by atoms with van der Waals surface area (Å²) in [4.78, 5) is 69.2.